The molecule has 40 heavy (non-hydrogen) atoms. The second-order valence-corrected chi connectivity index (χ2v) is 9.82. The lowest BCUT2D eigenvalue weighted by Gasteiger charge is -2.40. The van der Waals surface area contributed by atoms with Crippen LogP contribution in [0.4, 0.5) is 4.79 Å². The standard InChI is InChI=1S/C30H30O10/c1-33-23-9-17(10-24(34-2)28(23)40-30(32)37-13-16-7-5-4-6-8-16)25-18-11-21-22(39-15-38-21)12-19(18)27(31)20-14-36-29(35-3)26(20)25/h4-12,20,25-27,29,31H,13-15H2,1-3H3/t20-,25+,26-,27+,29+/m0/s1. The van der Waals surface area contributed by atoms with Gasteiger partial charge in [0.2, 0.25) is 12.5 Å². The molecule has 0 unspecified atom stereocenters. The van der Waals surface area contributed by atoms with E-state index >= 15 is 0 Å². The largest absolute Gasteiger partial charge is 0.514 e. The molecule has 1 N–H and O–H groups in total. The lowest BCUT2D eigenvalue weighted by molar-refractivity contribution is -0.113. The smallest absolute Gasteiger partial charge is 0.493 e. The number of benzene rings is 3. The van der Waals surface area contributed by atoms with Crippen molar-refractivity contribution in [1.29, 1.82) is 0 Å². The molecule has 0 amide bonds. The first kappa shape index (κ1) is 26.2. The van der Waals surface area contributed by atoms with Crippen LogP contribution in [0.2, 0.25) is 0 Å². The molecule has 0 spiro atoms. The Hall–Kier alpha value is -3.99. The molecule has 0 radical (unpaired) electrons. The van der Waals surface area contributed by atoms with Gasteiger partial charge in [0.25, 0.3) is 0 Å². The Kier molecular flexibility index (Phi) is 7.14. The topological polar surface area (TPSA) is 111 Å². The summed E-state index contributed by atoms with van der Waals surface area (Å²) in [6.07, 6.45) is -2.23. The molecule has 2 aliphatic heterocycles. The van der Waals surface area contributed by atoms with Gasteiger partial charge >= 0.3 is 6.16 Å². The van der Waals surface area contributed by atoms with E-state index in [1.165, 1.54) is 14.2 Å². The van der Waals surface area contributed by atoms with Crippen LogP contribution in [0.5, 0.6) is 28.7 Å². The summed E-state index contributed by atoms with van der Waals surface area (Å²) in [5.41, 5.74) is 3.21. The van der Waals surface area contributed by atoms with Crippen LogP contribution < -0.4 is 23.7 Å². The van der Waals surface area contributed by atoms with E-state index in [0.717, 1.165) is 22.3 Å². The number of hydrogen-bond donors (Lipinski definition) is 1. The summed E-state index contributed by atoms with van der Waals surface area (Å²) in [7, 11) is 4.55. The van der Waals surface area contributed by atoms with Crippen molar-refractivity contribution in [3.05, 3.63) is 76.9 Å². The molecular formula is C30H30O10. The molecule has 210 valence electrons. The van der Waals surface area contributed by atoms with Crippen LogP contribution in [0.3, 0.4) is 0 Å². The van der Waals surface area contributed by atoms with Crippen LogP contribution in [0.1, 0.15) is 34.3 Å². The van der Waals surface area contributed by atoms with Crippen molar-refractivity contribution in [1.82, 2.24) is 0 Å². The predicted octanol–water partition coefficient (Wildman–Crippen LogP) is 4.56. The average molecular weight is 551 g/mol. The molecule has 2 heterocycles. The zero-order valence-corrected chi connectivity index (χ0v) is 22.3. The Morgan fingerprint density at radius 1 is 0.950 bits per heavy atom. The first-order chi connectivity index (χ1) is 19.5. The van der Waals surface area contributed by atoms with Gasteiger partial charge in [0, 0.05) is 24.9 Å². The van der Waals surface area contributed by atoms with Gasteiger partial charge in [0.1, 0.15) is 6.61 Å². The molecule has 0 aromatic heterocycles. The van der Waals surface area contributed by atoms with Gasteiger partial charge in [-0.25, -0.2) is 4.79 Å². The maximum Gasteiger partial charge on any atom is 0.514 e. The van der Waals surface area contributed by atoms with E-state index in [1.807, 2.05) is 42.5 Å². The number of ether oxygens (including phenoxy) is 8. The molecule has 10 heteroatoms. The number of aliphatic hydroxyl groups is 1. The minimum atomic E-state index is -0.893. The van der Waals surface area contributed by atoms with Crippen LogP contribution in [0, 0.1) is 11.8 Å². The lowest BCUT2D eigenvalue weighted by Crippen LogP contribution is -2.37. The average Bonchev–Trinajstić information content (AvgIpc) is 3.63. The number of methoxy groups -OCH3 is 3. The highest BCUT2D eigenvalue weighted by molar-refractivity contribution is 5.69. The molecule has 0 saturated carbocycles. The first-order valence-electron chi connectivity index (χ1n) is 12.9. The fourth-order valence-electron chi connectivity index (χ4n) is 5.91. The van der Waals surface area contributed by atoms with Gasteiger partial charge in [-0.05, 0) is 46.5 Å². The Morgan fingerprint density at radius 3 is 2.27 bits per heavy atom. The van der Waals surface area contributed by atoms with E-state index in [-0.39, 0.29) is 48.4 Å². The first-order valence-corrected chi connectivity index (χ1v) is 12.9. The van der Waals surface area contributed by atoms with Crippen molar-refractivity contribution >= 4 is 6.16 Å². The minimum absolute atomic E-state index is 0.0567. The molecule has 1 aliphatic carbocycles. The van der Waals surface area contributed by atoms with E-state index < -0.39 is 18.5 Å². The normalized spacial score (nSPS) is 24.1. The third-order valence-electron chi connectivity index (χ3n) is 7.74. The molecular weight excluding hydrogens is 520 g/mol. The summed E-state index contributed by atoms with van der Waals surface area (Å²) < 4.78 is 45.1. The van der Waals surface area contributed by atoms with Crippen LogP contribution in [-0.4, -0.2) is 52.3 Å². The van der Waals surface area contributed by atoms with Gasteiger partial charge in [-0.1, -0.05) is 30.3 Å². The monoisotopic (exact) mass is 550 g/mol. The highest BCUT2D eigenvalue weighted by atomic mass is 16.7. The summed E-state index contributed by atoms with van der Waals surface area (Å²) in [6.45, 7) is 0.502. The van der Waals surface area contributed by atoms with Gasteiger partial charge in [-0.2, -0.15) is 0 Å². The van der Waals surface area contributed by atoms with Gasteiger partial charge in [-0.15, -0.1) is 0 Å². The molecule has 6 rings (SSSR count). The van der Waals surface area contributed by atoms with E-state index in [9.17, 15) is 9.90 Å². The fraction of sp³-hybridized carbons (Fsp3) is 0.367. The zero-order chi connectivity index (χ0) is 27.8. The number of hydrogen-bond acceptors (Lipinski definition) is 10. The molecule has 5 atom stereocenters. The second-order valence-electron chi connectivity index (χ2n) is 9.82. The third-order valence-corrected chi connectivity index (χ3v) is 7.74. The summed E-state index contributed by atoms with van der Waals surface area (Å²) in [5.74, 6) is 1.08. The Balaban J connectivity index is 1.38. The molecule has 3 aromatic rings. The van der Waals surface area contributed by atoms with Gasteiger partial charge in [0.05, 0.1) is 26.9 Å². The van der Waals surface area contributed by atoms with Crippen LogP contribution in [-0.2, 0) is 20.8 Å². The van der Waals surface area contributed by atoms with Crippen LogP contribution >= 0.6 is 0 Å². The van der Waals surface area contributed by atoms with E-state index in [0.29, 0.717) is 18.1 Å². The summed E-state index contributed by atoms with van der Waals surface area (Å²) in [5, 5.41) is 11.4. The van der Waals surface area contributed by atoms with Gasteiger partial charge < -0.3 is 43.0 Å². The molecule has 3 aromatic carbocycles. The third kappa shape index (κ3) is 4.57. The maximum absolute atomic E-state index is 12.6. The highest BCUT2D eigenvalue weighted by Crippen LogP contribution is 2.56. The quantitative estimate of drug-likeness (QED) is 0.332. The van der Waals surface area contributed by atoms with E-state index in [1.54, 1.807) is 19.2 Å². The van der Waals surface area contributed by atoms with Crippen molar-refractivity contribution in [3.63, 3.8) is 0 Å². The number of carbonyl (C=O) groups is 1. The van der Waals surface area contributed by atoms with Gasteiger partial charge in [-0.3, -0.25) is 0 Å². The molecule has 1 saturated heterocycles. The Bertz CT molecular complexity index is 1370. The van der Waals surface area contributed by atoms with E-state index in [4.69, 9.17) is 37.9 Å². The van der Waals surface area contributed by atoms with Crippen molar-refractivity contribution in [2.75, 3.05) is 34.7 Å². The SMILES string of the molecule is COc1cc([C@@H]2c3cc4c(cc3[C@@H](O)[C@H]3CO[C@@H](OC)[C@H]23)OCO4)cc(OC)c1OC(=O)OCc1ccccc1. The summed E-state index contributed by atoms with van der Waals surface area (Å²) in [4.78, 5) is 12.6. The summed E-state index contributed by atoms with van der Waals surface area (Å²) in [6, 6.07) is 16.6. The lowest BCUT2D eigenvalue weighted by atomic mass is 9.66. The zero-order valence-electron chi connectivity index (χ0n) is 22.3. The number of carbonyl (C=O) groups excluding carboxylic acids is 1. The van der Waals surface area contributed by atoms with Crippen LogP contribution in [0.15, 0.2) is 54.6 Å². The number of rotatable bonds is 7. The molecule has 0 bridgehead atoms. The van der Waals surface area contributed by atoms with Crippen molar-refractivity contribution in [2.24, 2.45) is 11.8 Å². The maximum atomic E-state index is 12.6. The Labute approximate surface area is 231 Å². The van der Waals surface area contributed by atoms with Crippen molar-refractivity contribution in [3.8, 4) is 28.7 Å². The van der Waals surface area contributed by atoms with E-state index in [2.05, 4.69) is 0 Å². The van der Waals surface area contributed by atoms with Crippen LogP contribution in [0.25, 0.3) is 0 Å². The minimum Gasteiger partial charge on any atom is -0.493 e. The van der Waals surface area contributed by atoms with Crippen molar-refractivity contribution in [2.45, 2.75) is 24.9 Å². The summed E-state index contributed by atoms with van der Waals surface area (Å²) >= 11 is 0. The fourth-order valence-corrected chi connectivity index (χ4v) is 5.91. The predicted molar refractivity (Wildman–Crippen MR) is 140 cm³/mol. The van der Waals surface area contributed by atoms with Crippen molar-refractivity contribution < 1.29 is 47.8 Å². The highest BCUT2D eigenvalue weighted by Gasteiger charge is 2.52. The van der Waals surface area contributed by atoms with Gasteiger partial charge in [0.15, 0.2) is 29.3 Å². The molecule has 10 nitrogen and oxygen atoms in total. The molecule has 3 aliphatic rings. The Morgan fingerprint density at radius 2 is 1.62 bits per heavy atom. The second kappa shape index (κ2) is 10.9. The molecule has 1 fully saturated rings. The number of fused-ring (bicyclic) bond motifs is 3. The number of aliphatic hydroxyl groups excluding tert-OH is 1.